The highest BCUT2D eigenvalue weighted by Gasteiger charge is 2.23. The lowest BCUT2D eigenvalue weighted by molar-refractivity contribution is 0.0982. The smallest absolute Gasteiger partial charge is 0.263 e. The van der Waals surface area contributed by atoms with E-state index >= 15 is 0 Å². The fourth-order valence-electron chi connectivity index (χ4n) is 2.76. The first-order valence-corrected chi connectivity index (χ1v) is 9.83. The molecule has 0 aliphatic heterocycles. The molecule has 1 heterocycles. The average molecular weight is 397 g/mol. The van der Waals surface area contributed by atoms with Gasteiger partial charge in [-0.15, -0.1) is 10.2 Å². The van der Waals surface area contributed by atoms with Crippen LogP contribution in [-0.2, 0) is 0 Å². The zero-order valence-corrected chi connectivity index (χ0v) is 16.5. The van der Waals surface area contributed by atoms with Crippen LogP contribution in [0.3, 0.4) is 0 Å². The van der Waals surface area contributed by atoms with Crippen LogP contribution < -0.4 is 4.90 Å². The fraction of sp³-hybridized carbons (Fsp3) is 0.238. The van der Waals surface area contributed by atoms with Gasteiger partial charge in [0.1, 0.15) is 17.1 Å². The summed E-state index contributed by atoms with van der Waals surface area (Å²) in [4.78, 5) is 25.4. The van der Waals surface area contributed by atoms with Crippen LogP contribution in [0.5, 0.6) is 0 Å². The van der Waals surface area contributed by atoms with Gasteiger partial charge in [0.2, 0.25) is 5.13 Å². The summed E-state index contributed by atoms with van der Waals surface area (Å²) in [5.41, 5.74) is 2.30. The van der Waals surface area contributed by atoms with E-state index in [0.29, 0.717) is 22.2 Å². The Balaban J connectivity index is 1.94. The van der Waals surface area contributed by atoms with Crippen LogP contribution in [0.25, 0.3) is 10.6 Å². The molecule has 3 aromatic rings. The largest absolute Gasteiger partial charge is 0.298 e. The highest BCUT2D eigenvalue weighted by molar-refractivity contribution is 7.18. The van der Waals surface area contributed by atoms with E-state index in [0.717, 1.165) is 30.3 Å². The van der Waals surface area contributed by atoms with E-state index < -0.39 is 11.7 Å². The first-order chi connectivity index (χ1) is 13.5. The number of halogens is 1. The van der Waals surface area contributed by atoms with Gasteiger partial charge in [0.25, 0.3) is 5.91 Å². The number of amides is 1. The molecule has 0 bridgehead atoms. The molecular formula is C21H20FN3O2S. The maximum absolute atomic E-state index is 14.1. The lowest BCUT2D eigenvalue weighted by atomic mass is 10.1. The zero-order chi connectivity index (χ0) is 20.1. The van der Waals surface area contributed by atoms with E-state index in [-0.39, 0.29) is 5.56 Å². The molecule has 0 spiro atoms. The number of aromatic nitrogens is 2. The number of carbonyl (C=O) groups is 2. The predicted molar refractivity (Wildman–Crippen MR) is 108 cm³/mol. The Labute approximate surface area is 166 Å². The Morgan fingerprint density at radius 2 is 2.00 bits per heavy atom. The van der Waals surface area contributed by atoms with Gasteiger partial charge in [0, 0.05) is 17.7 Å². The number of anilines is 1. The Bertz CT molecular complexity index is 1000. The van der Waals surface area contributed by atoms with Gasteiger partial charge in [0.15, 0.2) is 0 Å². The molecule has 0 radical (unpaired) electrons. The summed E-state index contributed by atoms with van der Waals surface area (Å²) in [5.74, 6) is -0.986. The van der Waals surface area contributed by atoms with Crippen molar-refractivity contribution in [2.24, 2.45) is 0 Å². The molecule has 0 N–H and O–H groups in total. The van der Waals surface area contributed by atoms with E-state index in [1.807, 2.05) is 19.9 Å². The summed E-state index contributed by atoms with van der Waals surface area (Å²) in [5, 5.41) is 9.44. The summed E-state index contributed by atoms with van der Waals surface area (Å²) < 4.78 is 14.1. The summed E-state index contributed by atoms with van der Waals surface area (Å²) in [6.45, 7) is 4.31. The van der Waals surface area contributed by atoms with Crippen molar-refractivity contribution in [3.8, 4) is 10.6 Å². The van der Waals surface area contributed by atoms with Gasteiger partial charge in [-0.3, -0.25) is 14.5 Å². The number of benzene rings is 2. The maximum atomic E-state index is 14.1. The molecule has 1 amide bonds. The van der Waals surface area contributed by atoms with Crippen LogP contribution in [-0.4, -0.2) is 28.9 Å². The highest BCUT2D eigenvalue weighted by atomic mass is 32.1. The second-order valence-electron chi connectivity index (χ2n) is 6.37. The molecule has 0 atom stereocenters. The minimum atomic E-state index is -0.557. The molecule has 28 heavy (non-hydrogen) atoms. The summed E-state index contributed by atoms with van der Waals surface area (Å²) >= 11 is 1.27. The molecule has 0 saturated heterocycles. The van der Waals surface area contributed by atoms with Crippen molar-refractivity contribution in [1.82, 2.24) is 10.2 Å². The van der Waals surface area contributed by atoms with Gasteiger partial charge < -0.3 is 0 Å². The number of aldehydes is 1. The van der Waals surface area contributed by atoms with Crippen LogP contribution in [0.4, 0.5) is 9.52 Å². The predicted octanol–water partition coefficient (Wildman–Crippen LogP) is 4.91. The van der Waals surface area contributed by atoms with Gasteiger partial charge >= 0.3 is 0 Å². The minimum absolute atomic E-state index is 0.0153. The van der Waals surface area contributed by atoms with Gasteiger partial charge in [-0.1, -0.05) is 48.9 Å². The molecule has 0 aliphatic carbocycles. The highest BCUT2D eigenvalue weighted by Crippen LogP contribution is 2.31. The molecule has 0 aliphatic rings. The third-order valence-electron chi connectivity index (χ3n) is 4.37. The molecule has 3 rings (SSSR count). The van der Waals surface area contributed by atoms with Crippen molar-refractivity contribution in [3.63, 3.8) is 0 Å². The van der Waals surface area contributed by atoms with Crippen LogP contribution >= 0.6 is 11.3 Å². The van der Waals surface area contributed by atoms with Crippen LogP contribution in [0.1, 0.15) is 46.0 Å². The van der Waals surface area contributed by atoms with E-state index in [9.17, 15) is 14.0 Å². The van der Waals surface area contributed by atoms with Crippen LogP contribution in [0.15, 0.2) is 42.5 Å². The van der Waals surface area contributed by atoms with Crippen molar-refractivity contribution in [3.05, 3.63) is 65.0 Å². The van der Waals surface area contributed by atoms with Crippen LogP contribution in [0.2, 0.25) is 0 Å². The molecule has 1 aromatic heterocycles. The van der Waals surface area contributed by atoms with E-state index in [1.165, 1.54) is 28.4 Å². The first-order valence-electron chi connectivity index (χ1n) is 9.01. The number of aryl methyl sites for hydroxylation is 1. The average Bonchev–Trinajstić information content (AvgIpc) is 3.18. The third-order valence-corrected chi connectivity index (χ3v) is 5.37. The monoisotopic (exact) mass is 397 g/mol. The molecule has 0 fully saturated rings. The Hall–Kier alpha value is -2.93. The molecule has 7 heteroatoms. The van der Waals surface area contributed by atoms with Gasteiger partial charge in [0.05, 0.1) is 5.56 Å². The number of hydrogen-bond donors (Lipinski definition) is 0. The molecule has 0 saturated carbocycles. The maximum Gasteiger partial charge on any atom is 0.263 e. The zero-order valence-electron chi connectivity index (χ0n) is 15.7. The topological polar surface area (TPSA) is 63.2 Å². The van der Waals surface area contributed by atoms with Crippen molar-refractivity contribution in [1.29, 1.82) is 0 Å². The number of carbonyl (C=O) groups excluding carboxylic acids is 2. The Kier molecular flexibility index (Phi) is 6.26. The van der Waals surface area contributed by atoms with Crippen LogP contribution in [0, 0.1) is 12.7 Å². The first kappa shape index (κ1) is 19.8. The molecular weight excluding hydrogens is 377 g/mol. The number of nitrogens with zero attached hydrogens (tertiary/aromatic N) is 3. The summed E-state index contributed by atoms with van der Waals surface area (Å²) in [6.07, 6.45) is 2.46. The van der Waals surface area contributed by atoms with Crippen molar-refractivity contribution in [2.45, 2.75) is 26.7 Å². The lowest BCUT2D eigenvalue weighted by Crippen LogP contribution is -2.32. The molecule has 2 aromatic carbocycles. The van der Waals surface area contributed by atoms with E-state index in [2.05, 4.69) is 10.2 Å². The van der Waals surface area contributed by atoms with Crippen molar-refractivity contribution in [2.75, 3.05) is 11.4 Å². The van der Waals surface area contributed by atoms with Crippen molar-refractivity contribution < 1.29 is 14.0 Å². The molecule has 144 valence electrons. The van der Waals surface area contributed by atoms with E-state index in [1.54, 1.807) is 24.3 Å². The van der Waals surface area contributed by atoms with Gasteiger partial charge in [-0.25, -0.2) is 4.39 Å². The third kappa shape index (κ3) is 4.14. The number of unbranched alkanes of at least 4 members (excludes halogenated alkanes) is 1. The standard InChI is InChI=1S/C21H20FN3O2S/c1-3-4-11-25(20(27)17-7-5-6-8-18(17)22)21-24-23-19(28-21)15-9-10-16(13-26)14(2)12-15/h5-10,12-13H,3-4,11H2,1-2H3. The minimum Gasteiger partial charge on any atom is -0.298 e. The van der Waals surface area contributed by atoms with E-state index in [4.69, 9.17) is 0 Å². The normalized spacial score (nSPS) is 10.7. The number of rotatable bonds is 7. The second-order valence-corrected chi connectivity index (χ2v) is 7.33. The van der Waals surface area contributed by atoms with Crippen molar-refractivity contribution >= 4 is 28.7 Å². The fourth-order valence-corrected chi connectivity index (χ4v) is 3.63. The second kappa shape index (κ2) is 8.84. The Morgan fingerprint density at radius 3 is 2.68 bits per heavy atom. The Morgan fingerprint density at radius 1 is 1.21 bits per heavy atom. The quantitative estimate of drug-likeness (QED) is 0.531. The summed E-state index contributed by atoms with van der Waals surface area (Å²) in [7, 11) is 0. The van der Waals surface area contributed by atoms with Gasteiger partial charge in [-0.2, -0.15) is 0 Å². The number of hydrogen-bond acceptors (Lipinski definition) is 5. The summed E-state index contributed by atoms with van der Waals surface area (Å²) in [6, 6.07) is 11.3. The molecule has 0 unspecified atom stereocenters. The lowest BCUT2D eigenvalue weighted by Gasteiger charge is -2.19. The van der Waals surface area contributed by atoms with Gasteiger partial charge in [-0.05, 0) is 37.1 Å². The SMILES string of the molecule is CCCCN(C(=O)c1ccccc1F)c1nnc(-c2ccc(C=O)c(C)c2)s1. The molecule has 5 nitrogen and oxygen atoms in total.